The van der Waals surface area contributed by atoms with Crippen molar-refractivity contribution in [3.8, 4) is 0 Å². The van der Waals surface area contributed by atoms with Crippen LogP contribution in [0.2, 0.25) is 5.02 Å². The number of halogens is 2. The fourth-order valence-electron chi connectivity index (χ4n) is 2.29. The Balaban J connectivity index is 2.01. The second-order valence-corrected chi connectivity index (χ2v) is 5.50. The van der Waals surface area contributed by atoms with Crippen LogP contribution in [-0.4, -0.2) is 41.0 Å². The second kappa shape index (κ2) is 6.41. The third-order valence-electron chi connectivity index (χ3n) is 3.59. The van der Waals surface area contributed by atoms with Crippen molar-refractivity contribution >= 4 is 29.1 Å². The Morgan fingerprint density at radius 3 is 2.86 bits per heavy atom. The van der Waals surface area contributed by atoms with Crippen LogP contribution < -0.4 is 5.32 Å². The van der Waals surface area contributed by atoms with Gasteiger partial charge in [0, 0.05) is 19.0 Å². The summed E-state index contributed by atoms with van der Waals surface area (Å²) in [5, 5.41) is 11.6. The molecule has 0 bridgehead atoms. The van der Waals surface area contributed by atoms with E-state index in [0.29, 0.717) is 19.5 Å². The van der Waals surface area contributed by atoms with E-state index in [2.05, 4.69) is 5.32 Å². The molecule has 7 heteroatoms. The lowest BCUT2D eigenvalue weighted by Gasteiger charge is -2.17. The van der Waals surface area contributed by atoms with E-state index in [-0.39, 0.29) is 16.6 Å². The Bertz CT molecular complexity index is 565. The summed E-state index contributed by atoms with van der Waals surface area (Å²) in [6.45, 7) is 2.38. The van der Waals surface area contributed by atoms with Gasteiger partial charge in [-0.3, -0.25) is 9.59 Å². The molecular formula is C14H16ClFN2O3. The molecule has 1 heterocycles. The van der Waals surface area contributed by atoms with Crippen LogP contribution >= 0.6 is 11.6 Å². The van der Waals surface area contributed by atoms with E-state index >= 15 is 0 Å². The van der Waals surface area contributed by atoms with Gasteiger partial charge in [-0.05, 0) is 25.5 Å². The molecule has 1 aromatic rings. The number of aliphatic hydroxyl groups is 1. The number of likely N-dealkylation sites (tertiary alicyclic amines) is 1. The zero-order valence-electron chi connectivity index (χ0n) is 11.5. The lowest BCUT2D eigenvalue weighted by molar-refractivity contribution is -0.142. The molecule has 1 fully saturated rings. The molecule has 0 radical (unpaired) electrons. The minimum atomic E-state index is -0.914. The highest BCUT2D eigenvalue weighted by Crippen LogP contribution is 2.23. The molecule has 2 atom stereocenters. The number of amides is 2. The first kappa shape index (κ1) is 15.7. The summed E-state index contributed by atoms with van der Waals surface area (Å²) in [6, 6.07) is 4.15. The highest BCUT2D eigenvalue weighted by molar-refractivity contribution is 6.39. The fourth-order valence-corrected chi connectivity index (χ4v) is 2.46. The van der Waals surface area contributed by atoms with Crippen molar-refractivity contribution in [2.75, 3.05) is 18.4 Å². The molecule has 1 aliphatic rings. The molecule has 2 amide bonds. The van der Waals surface area contributed by atoms with Crippen molar-refractivity contribution in [2.45, 2.75) is 19.4 Å². The van der Waals surface area contributed by atoms with Crippen LogP contribution in [0.5, 0.6) is 0 Å². The minimum absolute atomic E-state index is 0.0374. The van der Waals surface area contributed by atoms with Crippen molar-refractivity contribution in [1.82, 2.24) is 4.90 Å². The van der Waals surface area contributed by atoms with Crippen molar-refractivity contribution in [3.05, 3.63) is 29.0 Å². The number of rotatable bonds is 2. The minimum Gasteiger partial charge on any atom is -0.393 e. The molecule has 114 valence electrons. The monoisotopic (exact) mass is 314 g/mol. The SMILES string of the molecule is CC(O)C1CCN(C(=O)C(=O)Nc2cccc(Cl)c2F)C1. The average Bonchev–Trinajstić information content (AvgIpc) is 2.93. The largest absolute Gasteiger partial charge is 0.393 e. The summed E-state index contributed by atoms with van der Waals surface area (Å²) in [4.78, 5) is 25.2. The van der Waals surface area contributed by atoms with Gasteiger partial charge in [0.25, 0.3) is 0 Å². The topological polar surface area (TPSA) is 69.6 Å². The van der Waals surface area contributed by atoms with Crippen LogP contribution in [0.3, 0.4) is 0 Å². The van der Waals surface area contributed by atoms with Crippen LogP contribution in [0.4, 0.5) is 10.1 Å². The molecule has 0 aliphatic carbocycles. The van der Waals surface area contributed by atoms with Crippen molar-refractivity contribution in [3.63, 3.8) is 0 Å². The Hall–Kier alpha value is -1.66. The molecule has 1 saturated heterocycles. The molecule has 2 unspecified atom stereocenters. The smallest absolute Gasteiger partial charge is 0.313 e. The molecule has 1 aliphatic heterocycles. The van der Waals surface area contributed by atoms with E-state index in [0.717, 1.165) is 0 Å². The predicted octanol–water partition coefficient (Wildman–Crippen LogP) is 1.65. The number of hydrogen-bond donors (Lipinski definition) is 2. The first-order valence-electron chi connectivity index (χ1n) is 6.62. The lowest BCUT2D eigenvalue weighted by Crippen LogP contribution is -2.39. The number of aliphatic hydroxyl groups excluding tert-OH is 1. The zero-order chi connectivity index (χ0) is 15.6. The lowest BCUT2D eigenvalue weighted by atomic mass is 10.0. The van der Waals surface area contributed by atoms with E-state index in [1.165, 1.54) is 23.1 Å². The maximum absolute atomic E-state index is 13.7. The van der Waals surface area contributed by atoms with Gasteiger partial charge < -0.3 is 15.3 Å². The number of carbonyl (C=O) groups is 2. The summed E-state index contributed by atoms with van der Waals surface area (Å²) < 4.78 is 13.7. The second-order valence-electron chi connectivity index (χ2n) is 5.10. The van der Waals surface area contributed by atoms with Gasteiger partial charge in [-0.1, -0.05) is 17.7 Å². The first-order valence-corrected chi connectivity index (χ1v) is 7.00. The summed E-state index contributed by atoms with van der Waals surface area (Å²) in [7, 11) is 0. The Morgan fingerprint density at radius 1 is 1.52 bits per heavy atom. The van der Waals surface area contributed by atoms with Gasteiger partial charge in [0.1, 0.15) is 0 Å². The van der Waals surface area contributed by atoms with Gasteiger partial charge in [0.05, 0.1) is 16.8 Å². The van der Waals surface area contributed by atoms with Gasteiger partial charge in [0.2, 0.25) is 0 Å². The van der Waals surface area contributed by atoms with Crippen LogP contribution in [0.25, 0.3) is 0 Å². The van der Waals surface area contributed by atoms with E-state index in [1.807, 2.05) is 0 Å². The molecule has 2 N–H and O–H groups in total. The van der Waals surface area contributed by atoms with Gasteiger partial charge in [-0.25, -0.2) is 4.39 Å². The number of nitrogens with zero attached hydrogens (tertiary/aromatic N) is 1. The van der Waals surface area contributed by atoms with Crippen molar-refractivity contribution < 1.29 is 19.1 Å². The zero-order valence-corrected chi connectivity index (χ0v) is 12.2. The number of carbonyl (C=O) groups excluding carboxylic acids is 2. The van der Waals surface area contributed by atoms with Crippen molar-refractivity contribution in [2.24, 2.45) is 5.92 Å². The molecule has 0 aromatic heterocycles. The highest BCUT2D eigenvalue weighted by atomic mass is 35.5. The van der Waals surface area contributed by atoms with Crippen LogP contribution in [-0.2, 0) is 9.59 Å². The summed E-state index contributed by atoms with van der Waals surface area (Å²) >= 11 is 5.61. The first-order chi connectivity index (χ1) is 9.90. The van der Waals surface area contributed by atoms with E-state index in [4.69, 9.17) is 11.6 Å². The Labute approximate surface area is 126 Å². The van der Waals surface area contributed by atoms with Gasteiger partial charge >= 0.3 is 11.8 Å². The van der Waals surface area contributed by atoms with Crippen LogP contribution in [0.1, 0.15) is 13.3 Å². The Morgan fingerprint density at radius 2 is 2.24 bits per heavy atom. The predicted molar refractivity (Wildman–Crippen MR) is 76.4 cm³/mol. The molecule has 1 aromatic carbocycles. The Kier molecular flexibility index (Phi) is 4.80. The number of nitrogens with one attached hydrogen (secondary N) is 1. The quantitative estimate of drug-likeness (QED) is 0.816. The molecule has 21 heavy (non-hydrogen) atoms. The summed E-state index contributed by atoms with van der Waals surface area (Å²) in [5.74, 6) is -2.46. The van der Waals surface area contributed by atoms with Gasteiger partial charge in [-0.2, -0.15) is 0 Å². The average molecular weight is 315 g/mol. The number of anilines is 1. The van der Waals surface area contributed by atoms with E-state index in [9.17, 15) is 19.1 Å². The standard InChI is InChI=1S/C14H16ClFN2O3/c1-8(19)9-5-6-18(7-9)14(21)13(20)17-11-4-2-3-10(15)12(11)16/h2-4,8-9,19H,5-7H2,1H3,(H,17,20). The normalized spacial score (nSPS) is 19.4. The van der Waals surface area contributed by atoms with Crippen LogP contribution in [0, 0.1) is 11.7 Å². The molecule has 2 rings (SSSR count). The van der Waals surface area contributed by atoms with E-state index in [1.54, 1.807) is 6.92 Å². The molecular weight excluding hydrogens is 299 g/mol. The number of benzene rings is 1. The fraction of sp³-hybridized carbons (Fsp3) is 0.429. The maximum atomic E-state index is 13.7. The molecule has 5 nitrogen and oxygen atoms in total. The summed E-state index contributed by atoms with van der Waals surface area (Å²) in [6.07, 6.45) is 0.110. The third-order valence-corrected chi connectivity index (χ3v) is 3.88. The summed E-state index contributed by atoms with van der Waals surface area (Å²) in [5.41, 5.74) is -0.132. The number of hydrogen-bond acceptors (Lipinski definition) is 3. The van der Waals surface area contributed by atoms with Gasteiger partial charge in [0.15, 0.2) is 5.82 Å². The van der Waals surface area contributed by atoms with Crippen molar-refractivity contribution in [1.29, 1.82) is 0 Å². The third kappa shape index (κ3) is 3.51. The van der Waals surface area contributed by atoms with E-state index < -0.39 is 23.7 Å². The molecule has 0 spiro atoms. The van der Waals surface area contributed by atoms with Crippen LogP contribution in [0.15, 0.2) is 18.2 Å². The van der Waals surface area contributed by atoms with Gasteiger partial charge in [-0.15, -0.1) is 0 Å². The highest BCUT2D eigenvalue weighted by Gasteiger charge is 2.32. The molecule has 0 saturated carbocycles. The maximum Gasteiger partial charge on any atom is 0.313 e.